The van der Waals surface area contributed by atoms with Gasteiger partial charge in [-0.25, -0.2) is 14.2 Å². The van der Waals surface area contributed by atoms with E-state index >= 15 is 0 Å². The second-order valence-corrected chi connectivity index (χ2v) is 44.7. The molecule has 8 unspecified atom stereocenters. The van der Waals surface area contributed by atoms with Crippen molar-refractivity contribution < 1.29 is 179 Å². The normalized spacial score (nSPS) is 31.5. The fourth-order valence-corrected chi connectivity index (χ4v) is 23.1. The van der Waals surface area contributed by atoms with E-state index in [1.54, 1.807) is 76.7 Å². The SMILES string of the molecule is C=C(OCC)Oc1ccccc1C1OP(=O)(O)C(C)(O)P(=O)(O)O1.C=C(OCC)Oc1ccccc1C1OP(=O)(O)C(Cl)(Cl)P(=O)(O)O1.CC(C)OC(=O)Oc1ccccc1C1OP(=O)(O)C(O)(CCCN)P(=O)(O)O1.CC(C)OC(=O)Oc1ccccc1C1OP(=O)(O)C(O)(Cc2ccc[n+](Cc3ccccc3)c2)P(=O)(O)O1. The van der Waals surface area contributed by atoms with Gasteiger partial charge in [-0.3, -0.25) is 72.7 Å². The highest BCUT2D eigenvalue weighted by Gasteiger charge is 2.70. The molecule has 8 atom stereocenters. The number of hydrogen-bond donors (Lipinski definition) is 12. The van der Waals surface area contributed by atoms with Gasteiger partial charge in [0.25, 0.3) is 27.1 Å². The number of carbonyl (C=O) groups is 2. The fraction of sp³-hybridized carbons (Fsp3) is 0.369. The van der Waals surface area contributed by atoms with Crippen LogP contribution in [0.1, 0.15) is 120 Å². The van der Waals surface area contributed by atoms with Gasteiger partial charge in [0, 0.05) is 30.0 Å². The van der Waals surface area contributed by atoms with Gasteiger partial charge in [0.2, 0.25) is 25.2 Å². The van der Waals surface area contributed by atoms with Gasteiger partial charge in [-0.2, -0.15) is 0 Å². The third-order valence-corrected chi connectivity index (χ3v) is 35.9. The van der Waals surface area contributed by atoms with Gasteiger partial charge in [-0.15, -0.1) is 0 Å². The van der Waals surface area contributed by atoms with Gasteiger partial charge < -0.3 is 98.1 Å². The van der Waals surface area contributed by atoms with Crippen molar-refractivity contribution in [2.24, 2.45) is 5.73 Å². The number of aromatic nitrogens is 1. The Morgan fingerprint density at radius 1 is 0.465 bits per heavy atom. The van der Waals surface area contributed by atoms with Crippen LogP contribution in [0.15, 0.2) is 177 Å². The lowest BCUT2D eigenvalue weighted by atomic mass is 10.2. The first-order chi connectivity index (χ1) is 52.9. The van der Waals surface area contributed by atoms with Crippen molar-refractivity contribution in [2.75, 3.05) is 19.8 Å². The molecule has 4 fully saturated rings. The highest BCUT2D eigenvalue weighted by Crippen LogP contribution is 2.84. The second-order valence-electron chi connectivity index (χ2n) is 24.8. The smallest absolute Gasteiger partial charge is 0.466 e. The molecule has 5 aromatic carbocycles. The minimum Gasteiger partial charge on any atom is -0.466 e. The molecule has 5 heterocycles. The summed E-state index contributed by atoms with van der Waals surface area (Å²) in [7, 11) is -40.2. The lowest BCUT2D eigenvalue weighted by Crippen LogP contribution is -2.39. The molecule has 0 spiro atoms. The maximum absolute atomic E-state index is 13.3. The Kier molecular flexibility index (Phi) is 32.1. The van der Waals surface area contributed by atoms with Crippen LogP contribution in [0, 0.1) is 0 Å². The third kappa shape index (κ3) is 22.5. The Balaban J connectivity index is 0.000000215. The van der Waals surface area contributed by atoms with Gasteiger partial charge in [0.05, 0.1) is 47.7 Å². The van der Waals surface area contributed by atoms with Crippen LogP contribution in [0.4, 0.5) is 9.59 Å². The Morgan fingerprint density at radius 3 is 1.11 bits per heavy atom. The van der Waals surface area contributed by atoms with E-state index in [1.165, 1.54) is 91.0 Å². The molecule has 628 valence electrons. The van der Waals surface area contributed by atoms with Crippen LogP contribution in [0.2, 0.25) is 0 Å². The number of para-hydroxylation sites is 4. The molecule has 10 rings (SSSR count). The molecule has 49 heteroatoms. The van der Waals surface area contributed by atoms with Crippen LogP contribution in [0.25, 0.3) is 0 Å². The Bertz CT molecular complexity index is 4620. The van der Waals surface area contributed by atoms with E-state index in [4.69, 9.17) is 103 Å². The van der Waals surface area contributed by atoms with Crippen molar-refractivity contribution in [3.05, 3.63) is 210 Å². The standard InChI is InChI=1S/C25H27NO10P2.C15H23NO10P2.C13H18O9P2.C12H14Cl2O8P2/c1-18(2)33-24(27)34-22-13-7-6-12-21(22)23-35-37(29,30)25(28,38(31,32)36-23)15-20-11-8-14-26(17-20)16-19-9-4-3-5-10-19;1-10(2)23-14(17)24-12-7-4-3-6-11(12)13-25-27(19,20)15(18,8-5-9-16)28(21,22)26-13;1-4-19-9(2)20-11-8-6-5-7-10(11)12-21-23(15,16)13(3,14)24(17,18)22-12;1-3-19-8(2)20-10-7-5-4-6-9(10)11-21-23(15,16)12(13,14)24(17,18)22-11/h3-14,17-18,23,28H,15-16H2,1-2H3,(H-,29,30,31,32);3-4,6-7,10,13,18H,5,8-9,16H2,1-2H3,(H,19,20)(H,21,22);5-8,12,14H,2,4H2,1,3H3,(H,15,16)(H,17,18);4-7,11H,2-3H2,1H3,(H,15,16)(H,17,18)/p+1. The molecule has 1 aromatic heterocycles. The van der Waals surface area contributed by atoms with Crippen molar-refractivity contribution in [1.82, 2.24) is 0 Å². The molecule has 0 amide bonds. The van der Waals surface area contributed by atoms with E-state index in [-0.39, 0.29) is 70.1 Å². The summed E-state index contributed by atoms with van der Waals surface area (Å²) in [6.07, 6.45) is -8.23. The lowest BCUT2D eigenvalue weighted by Gasteiger charge is -2.41. The minimum absolute atomic E-state index is 0.000372. The predicted molar refractivity (Wildman–Crippen MR) is 400 cm³/mol. The highest BCUT2D eigenvalue weighted by atomic mass is 35.5. The summed E-state index contributed by atoms with van der Waals surface area (Å²) in [5.74, 6) is -0.291. The summed E-state index contributed by atoms with van der Waals surface area (Å²) in [5, 5.41) is 22.3. The van der Waals surface area contributed by atoms with Gasteiger partial charge >= 0.3 is 76.9 Å². The number of nitrogens with two attached hydrogens (primary N) is 1. The molecule has 4 aliphatic heterocycles. The first-order valence-electron chi connectivity index (χ1n) is 33.4. The van der Waals surface area contributed by atoms with Crippen LogP contribution in [-0.2, 0) is 105 Å². The number of aliphatic hydroxyl groups is 3. The Hall–Kier alpha value is -5.91. The number of rotatable bonds is 23. The summed E-state index contributed by atoms with van der Waals surface area (Å²) in [4.78, 5) is 105. The van der Waals surface area contributed by atoms with E-state index in [0.717, 1.165) is 5.56 Å². The van der Waals surface area contributed by atoms with Crippen LogP contribution in [0.3, 0.4) is 0 Å². The van der Waals surface area contributed by atoms with E-state index in [0.29, 0.717) is 32.2 Å². The van der Waals surface area contributed by atoms with Crippen LogP contribution < -0.4 is 29.2 Å². The zero-order chi connectivity index (χ0) is 85.1. The van der Waals surface area contributed by atoms with Crippen molar-refractivity contribution in [2.45, 2.75) is 131 Å². The summed E-state index contributed by atoms with van der Waals surface area (Å²) < 4.78 is 179. The fourth-order valence-electron chi connectivity index (χ4n) is 9.85. The molecule has 4 saturated heterocycles. The molecule has 13 N–H and O–H groups in total. The van der Waals surface area contributed by atoms with Gasteiger partial charge in [0.1, 0.15) is 23.0 Å². The number of benzene rings is 5. The zero-order valence-electron chi connectivity index (χ0n) is 61.2. The van der Waals surface area contributed by atoms with Crippen LogP contribution >= 0.6 is 84.0 Å². The van der Waals surface area contributed by atoms with E-state index in [2.05, 4.69) is 13.2 Å². The number of ether oxygens (including phenoxy) is 8. The summed E-state index contributed by atoms with van der Waals surface area (Å²) in [6.45, 7) is 18.7. The van der Waals surface area contributed by atoms with Crippen molar-refractivity contribution >= 4 is 96.3 Å². The molecule has 6 aromatic rings. The average Bonchev–Trinajstić information content (AvgIpc) is 0.719. The average molecular weight is 1800 g/mol. The van der Waals surface area contributed by atoms with Gasteiger partial charge in [-0.05, 0) is 105 Å². The number of carbonyl (C=O) groups excluding carboxylic acids is 2. The van der Waals surface area contributed by atoms with Crippen molar-refractivity contribution in [3.63, 3.8) is 0 Å². The van der Waals surface area contributed by atoms with Crippen LogP contribution in [0.5, 0.6) is 23.0 Å². The molecule has 0 aliphatic carbocycles. The summed E-state index contributed by atoms with van der Waals surface area (Å²) in [6, 6.07) is 35.8. The van der Waals surface area contributed by atoms with Gasteiger partial charge in [0.15, 0.2) is 18.9 Å². The molecular weight excluding hydrogens is 1720 g/mol. The van der Waals surface area contributed by atoms with Crippen LogP contribution in [-0.4, -0.2) is 118 Å². The molecule has 114 heavy (non-hydrogen) atoms. The summed E-state index contributed by atoms with van der Waals surface area (Å²) in [5.41, 5.74) is 6.44. The van der Waals surface area contributed by atoms with E-state index in [9.17, 15) is 101 Å². The molecule has 0 radical (unpaired) electrons. The highest BCUT2D eigenvalue weighted by molar-refractivity contribution is 7.79. The molecule has 0 bridgehead atoms. The zero-order valence-corrected chi connectivity index (χ0v) is 69.8. The topological polar surface area (TPSA) is 571 Å². The number of hydrogen-bond acceptors (Lipinski definition) is 30. The first-order valence-corrected chi connectivity index (χ1v) is 46.7. The van der Waals surface area contributed by atoms with Crippen molar-refractivity contribution in [1.29, 1.82) is 0 Å². The van der Waals surface area contributed by atoms with Crippen molar-refractivity contribution in [3.8, 4) is 23.0 Å². The maximum Gasteiger partial charge on any atom is 0.514 e. The molecule has 4 aliphatic rings. The number of nitrogens with zero attached hydrogens (tertiary/aromatic N) is 1. The number of alkyl halides is 2. The molecular formula is C65H83Cl2N2O37P8+. The number of pyridine rings is 1. The Morgan fingerprint density at radius 2 is 0.772 bits per heavy atom. The predicted octanol–water partition coefficient (Wildman–Crippen LogP) is 13.4. The quantitative estimate of drug-likeness (QED) is 0.00708. The largest absolute Gasteiger partial charge is 0.514 e. The van der Waals surface area contributed by atoms with Gasteiger partial charge in [-0.1, -0.05) is 126 Å². The minimum atomic E-state index is -5.24. The Labute approximate surface area is 661 Å². The monoisotopic (exact) mass is 1800 g/mol. The first kappa shape index (κ1) is 95.2. The molecule has 0 saturated carbocycles. The molecule has 39 nitrogen and oxygen atoms in total. The lowest BCUT2D eigenvalue weighted by molar-refractivity contribution is -0.688. The number of halogens is 2. The van der Waals surface area contributed by atoms with E-state index in [1.807, 2.05) is 30.3 Å². The third-order valence-electron chi connectivity index (χ3n) is 15.6. The summed E-state index contributed by atoms with van der Waals surface area (Å²) >= 11 is 11.0. The second kappa shape index (κ2) is 38.4. The van der Waals surface area contributed by atoms with E-state index < -0.39 is 142 Å². The maximum atomic E-state index is 13.3.